The first kappa shape index (κ1) is 16.4. The van der Waals surface area contributed by atoms with Gasteiger partial charge in [-0.15, -0.1) is 0 Å². The van der Waals surface area contributed by atoms with E-state index in [1.807, 2.05) is 40.8 Å². The quantitative estimate of drug-likeness (QED) is 0.846. The van der Waals surface area contributed by atoms with Crippen molar-refractivity contribution in [3.8, 4) is 11.5 Å². The number of likely N-dealkylation sites (tertiary alicyclic amines) is 1. The minimum Gasteiger partial charge on any atom is -0.497 e. The first-order chi connectivity index (χ1) is 11.7. The average Bonchev–Trinajstić information content (AvgIpc) is 3.31. The molecule has 1 amide bonds. The van der Waals surface area contributed by atoms with Crippen molar-refractivity contribution < 1.29 is 14.3 Å². The van der Waals surface area contributed by atoms with Gasteiger partial charge in [0.15, 0.2) is 0 Å². The molecule has 24 heavy (non-hydrogen) atoms. The van der Waals surface area contributed by atoms with E-state index in [0.29, 0.717) is 0 Å². The first-order valence-electron chi connectivity index (χ1n) is 8.15. The molecular weight excluding hydrogens is 306 g/mol. The number of aromatic nitrogens is 2. The summed E-state index contributed by atoms with van der Waals surface area (Å²) in [6.07, 6.45) is 7.12. The summed E-state index contributed by atoms with van der Waals surface area (Å²) < 4.78 is 12.6. The predicted octanol–water partition coefficient (Wildman–Crippen LogP) is 2.83. The summed E-state index contributed by atoms with van der Waals surface area (Å²) in [6.45, 7) is 2.67. The van der Waals surface area contributed by atoms with E-state index in [9.17, 15) is 4.79 Å². The van der Waals surface area contributed by atoms with Crippen molar-refractivity contribution in [3.63, 3.8) is 0 Å². The molecule has 2 heterocycles. The summed E-state index contributed by atoms with van der Waals surface area (Å²) in [6, 6.07) is 5.55. The Balaban J connectivity index is 1.87. The molecule has 0 radical (unpaired) electrons. The van der Waals surface area contributed by atoms with Gasteiger partial charge in [0.25, 0.3) is 0 Å². The molecule has 128 valence electrons. The van der Waals surface area contributed by atoms with Gasteiger partial charge in [0.1, 0.15) is 17.5 Å². The molecule has 0 N–H and O–H groups in total. The Morgan fingerprint density at radius 3 is 2.83 bits per heavy atom. The highest BCUT2D eigenvalue weighted by molar-refractivity contribution is 5.81. The van der Waals surface area contributed by atoms with Crippen LogP contribution in [0, 0.1) is 0 Å². The summed E-state index contributed by atoms with van der Waals surface area (Å²) >= 11 is 0. The van der Waals surface area contributed by atoms with Crippen LogP contribution in [0.15, 0.2) is 36.9 Å². The van der Waals surface area contributed by atoms with Gasteiger partial charge in [-0.05, 0) is 31.9 Å². The lowest BCUT2D eigenvalue weighted by atomic mass is 10.0. The number of hydrogen-bond acceptors (Lipinski definition) is 4. The predicted molar refractivity (Wildman–Crippen MR) is 90.2 cm³/mol. The third-order valence-electron chi connectivity index (χ3n) is 4.66. The summed E-state index contributed by atoms with van der Waals surface area (Å²) in [7, 11) is 3.28. The Kier molecular flexibility index (Phi) is 4.74. The van der Waals surface area contributed by atoms with Crippen molar-refractivity contribution >= 4 is 5.91 Å². The van der Waals surface area contributed by atoms with Crippen LogP contribution in [-0.4, -0.2) is 41.1 Å². The maximum absolute atomic E-state index is 13.0. The Labute approximate surface area is 142 Å². The molecule has 1 aromatic heterocycles. The monoisotopic (exact) mass is 329 g/mol. The van der Waals surface area contributed by atoms with Gasteiger partial charge in [-0.1, -0.05) is 0 Å². The highest BCUT2D eigenvalue weighted by atomic mass is 16.5. The van der Waals surface area contributed by atoms with Crippen molar-refractivity contribution in [1.82, 2.24) is 14.5 Å². The van der Waals surface area contributed by atoms with Crippen LogP contribution in [0.4, 0.5) is 0 Å². The van der Waals surface area contributed by atoms with Gasteiger partial charge >= 0.3 is 0 Å². The number of methoxy groups -OCH3 is 2. The summed E-state index contributed by atoms with van der Waals surface area (Å²) in [5.74, 6) is 1.61. The van der Waals surface area contributed by atoms with Gasteiger partial charge in [-0.2, -0.15) is 0 Å². The number of carbonyl (C=O) groups excluding carboxylic acids is 1. The molecule has 0 saturated carbocycles. The molecule has 2 aromatic rings. The fourth-order valence-corrected chi connectivity index (χ4v) is 3.31. The SMILES string of the molecule is COc1ccc([C@H]2CCCN2C(=O)[C@H](C)n2ccnc2)c(OC)c1. The average molecular weight is 329 g/mol. The maximum Gasteiger partial charge on any atom is 0.245 e. The van der Waals surface area contributed by atoms with Crippen molar-refractivity contribution in [2.24, 2.45) is 0 Å². The molecule has 0 bridgehead atoms. The fourth-order valence-electron chi connectivity index (χ4n) is 3.31. The molecule has 1 saturated heterocycles. The van der Waals surface area contributed by atoms with Crippen LogP contribution in [0.3, 0.4) is 0 Å². The molecule has 6 nitrogen and oxygen atoms in total. The number of carbonyl (C=O) groups is 1. The Morgan fingerprint density at radius 1 is 1.33 bits per heavy atom. The molecule has 2 atom stereocenters. The van der Waals surface area contributed by atoms with Gasteiger partial charge in [0, 0.05) is 30.6 Å². The number of nitrogens with zero attached hydrogens (tertiary/aromatic N) is 3. The second kappa shape index (κ2) is 6.95. The Morgan fingerprint density at radius 2 is 2.17 bits per heavy atom. The smallest absolute Gasteiger partial charge is 0.245 e. The zero-order chi connectivity index (χ0) is 17.1. The van der Waals surface area contributed by atoms with Crippen LogP contribution in [0.25, 0.3) is 0 Å². The molecule has 0 unspecified atom stereocenters. The van der Waals surface area contributed by atoms with Gasteiger partial charge in [-0.3, -0.25) is 4.79 Å². The van der Waals surface area contributed by atoms with Crippen LogP contribution in [-0.2, 0) is 4.79 Å². The zero-order valence-electron chi connectivity index (χ0n) is 14.3. The number of imidazole rings is 1. The second-order valence-corrected chi connectivity index (χ2v) is 5.98. The lowest BCUT2D eigenvalue weighted by Gasteiger charge is -2.29. The summed E-state index contributed by atoms with van der Waals surface area (Å²) in [5.41, 5.74) is 1.03. The number of ether oxygens (including phenoxy) is 2. The molecule has 1 aromatic carbocycles. The second-order valence-electron chi connectivity index (χ2n) is 5.98. The first-order valence-corrected chi connectivity index (χ1v) is 8.15. The van der Waals surface area contributed by atoms with Gasteiger partial charge in [0.05, 0.1) is 26.6 Å². The van der Waals surface area contributed by atoms with E-state index >= 15 is 0 Å². The van der Waals surface area contributed by atoms with Crippen LogP contribution >= 0.6 is 0 Å². The Hall–Kier alpha value is -2.50. The summed E-state index contributed by atoms with van der Waals surface area (Å²) in [5, 5.41) is 0. The van der Waals surface area contributed by atoms with Crippen molar-refractivity contribution in [2.45, 2.75) is 31.8 Å². The summed E-state index contributed by atoms with van der Waals surface area (Å²) in [4.78, 5) is 18.9. The van der Waals surface area contributed by atoms with E-state index < -0.39 is 0 Å². The minimum atomic E-state index is -0.266. The Bertz CT molecular complexity index is 700. The largest absolute Gasteiger partial charge is 0.497 e. The van der Waals surface area contributed by atoms with Crippen molar-refractivity contribution in [1.29, 1.82) is 0 Å². The molecule has 0 aliphatic carbocycles. The van der Waals surface area contributed by atoms with E-state index in [-0.39, 0.29) is 18.0 Å². The van der Waals surface area contributed by atoms with Crippen molar-refractivity contribution in [3.05, 3.63) is 42.5 Å². The van der Waals surface area contributed by atoms with E-state index in [1.165, 1.54) is 0 Å². The lowest BCUT2D eigenvalue weighted by Crippen LogP contribution is -2.35. The standard InChI is InChI=1S/C18H23N3O3/c1-13(20-10-8-19-12-20)18(22)21-9-4-5-16(21)15-7-6-14(23-2)11-17(15)24-3/h6-8,10-13,16H,4-5,9H2,1-3H3/t13-,16+/m0/s1. The highest BCUT2D eigenvalue weighted by Gasteiger charge is 2.34. The number of rotatable bonds is 5. The number of amides is 1. The highest BCUT2D eigenvalue weighted by Crippen LogP contribution is 2.39. The van der Waals surface area contributed by atoms with Crippen LogP contribution < -0.4 is 9.47 Å². The van der Waals surface area contributed by atoms with E-state index in [1.54, 1.807) is 26.7 Å². The molecule has 3 rings (SSSR count). The molecule has 0 spiro atoms. The molecule has 6 heteroatoms. The van der Waals surface area contributed by atoms with E-state index in [0.717, 1.165) is 36.4 Å². The molecule has 1 aliphatic heterocycles. The molecule has 1 aliphatic rings. The number of benzene rings is 1. The van der Waals surface area contributed by atoms with E-state index in [2.05, 4.69) is 4.98 Å². The lowest BCUT2D eigenvalue weighted by molar-refractivity contribution is -0.135. The molecule has 1 fully saturated rings. The van der Waals surface area contributed by atoms with Crippen LogP contribution in [0.1, 0.15) is 37.4 Å². The molecular formula is C18H23N3O3. The topological polar surface area (TPSA) is 56.6 Å². The van der Waals surface area contributed by atoms with Crippen molar-refractivity contribution in [2.75, 3.05) is 20.8 Å². The van der Waals surface area contributed by atoms with E-state index in [4.69, 9.17) is 9.47 Å². The normalized spacial score (nSPS) is 18.5. The number of hydrogen-bond donors (Lipinski definition) is 0. The third kappa shape index (κ3) is 2.96. The minimum absolute atomic E-state index is 0.0318. The van der Waals surface area contributed by atoms with Crippen LogP contribution in [0.5, 0.6) is 11.5 Å². The third-order valence-corrected chi connectivity index (χ3v) is 4.66. The maximum atomic E-state index is 13.0. The fraction of sp³-hybridized carbons (Fsp3) is 0.444. The van der Waals surface area contributed by atoms with Gasteiger partial charge in [-0.25, -0.2) is 4.98 Å². The zero-order valence-corrected chi connectivity index (χ0v) is 14.3. The van der Waals surface area contributed by atoms with Gasteiger partial charge < -0.3 is 18.9 Å². The van der Waals surface area contributed by atoms with Crippen LogP contribution in [0.2, 0.25) is 0 Å². The van der Waals surface area contributed by atoms with Gasteiger partial charge in [0.2, 0.25) is 5.91 Å².